The van der Waals surface area contributed by atoms with E-state index in [4.69, 9.17) is 0 Å². The second-order valence-corrected chi connectivity index (χ2v) is 6.80. The molecule has 1 heterocycles. The van der Waals surface area contributed by atoms with E-state index in [-0.39, 0.29) is 0 Å². The summed E-state index contributed by atoms with van der Waals surface area (Å²) in [6, 6.07) is 2.09. The summed E-state index contributed by atoms with van der Waals surface area (Å²) >= 11 is 2.05. The van der Waals surface area contributed by atoms with E-state index in [2.05, 4.69) is 35.2 Å². The monoisotopic (exact) mass is 293 g/mol. The van der Waals surface area contributed by atoms with E-state index >= 15 is 0 Å². The number of hydrogen-bond acceptors (Lipinski definition) is 4. The highest BCUT2D eigenvalue weighted by molar-refractivity contribution is 7.99. The topological polar surface area (TPSA) is 37.8 Å². The third-order valence-corrected chi connectivity index (χ3v) is 5.11. The molecule has 1 aromatic rings. The standard InChI is InChI=1S/C16H27N3S/c1-3-10-17-15-11-13(4-2)18-16(19-15)12-20-14-8-6-5-7-9-14/h11,14H,3-10,12H2,1-2H3,(H,17,18,19). The van der Waals surface area contributed by atoms with Crippen molar-refractivity contribution in [2.75, 3.05) is 11.9 Å². The largest absolute Gasteiger partial charge is 0.370 e. The maximum absolute atomic E-state index is 4.67. The quantitative estimate of drug-likeness (QED) is 0.807. The van der Waals surface area contributed by atoms with Gasteiger partial charge in [-0.05, 0) is 25.7 Å². The number of nitrogens with one attached hydrogen (secondary N) is 1. The number of thioether (sulfide) groups is 1. The van der Waals surface area contributed by atoms with Gasteiger partial charge in [0.25, 0.3) is 0 Å². The Morgan fingerprint density at radius 3 is 2.70 bits per heavy atom. The number of aryl methyl sites for hydroxylation is 1. The minimum atomic E-state index is 0.824. The Balaban J connectivity index is 1.94. The Hall–Kier alpha value is -0.770. The lowest BCUT2D eigenvalue weighted by Gasteiger charge is -2.20. The summed E-state index contributed by atoms with van der Waals surface area (Å²) in [5.74, 6) is 2.95. The highest BCUT2D eigenvalue weighted by Crippen LogP contribution is 2.30. The highest BCUT2D eigenvalue weighted by atomic mass is 32.2. The van der Waals surface area contributed by atoms with Crippen molar-refractivity contribution < 1.29 is 0 Å². The lowest BCUT2D eigenvalue weighted by atomic mass is 10.0. The van der Waals surface area contributed by atoms with Crippen LogP contribution in [-0.2, 0) is 12.2 Å². The van der Waals surface area contributed by atoms with Gasteiger partial charge < -0.3 is 5.32 Å². The molecule has 1 N–H and O–H groups in total. The van der Waals surface area contributed by atoms with Crippen LogP contribution in [0.15, 0.2) is 6.07 Å². The molecule has 1 fully saturated rings. The number of aromatic nitrogens is 2. The normalized spacial score (nSPS) is 16.3. The summed E-state index contributed by atoms with van der Waals surface area (Å²) in [5.41, 5.74) is 1.15. The van der Waals surface area contributed by atoms with Crippen LogP contribution in [0.4, 0.5) is 5.82 Å². The molecule has 0 aliphatic heterocycles. The van der Waals surface area contributed by atoms with Gasteiger partial charge in [0.05, 0.1) is 5.75 Å². The molecule has 4 heteroatoms. The van der Waals surface area contributed by atoms with Gasteiger partial charge in [0.15, 0.2) is 0 Å². The fraction of sp³-hybridized carbons (Fsp3) is 0.750. The van der Waals surface area contributed by atoms with Crippen LogP contribution >= 0.6 is 11.8 Å². The van der Waals surface area contributed by atoms with E-state index in [1.165, 1.54) is 32.1 Å². The van der Waals surface area contributed by atoms with Crippen molar-refractivity contribution in [3.63, 3.8) is 0 Å². The molecule has 1 aromatic heterocycles. The van der Waals surface area contributed by atoms with Crippen LogP contribution in [0, 0.1) is 0 Å². The molecule has 0 amide bonds. The predicted octanol–water partition coefficient (Wildman–Crippen LogP) is 4.43. The number of rotatable bonds is 7. The van der Waals surface area contributed by atoms with Crippen molar-refractivity contribution in [2.24, 2.45) is 0 Å². The molecular formula is C16H27N3S. The molecule has 2 rings (SSSR count). The first-order valence-electron chi connectivity index (χ1n) is 8.04. The molecule has 1 saturated carbocycles. The second kappa shape index (κ2) is 8.50. The summed E-state index contributed by atoms with van der Waals surface area (Å²) < 4.78 is 0. The van der Waals surface area contributed by atoms with Crippen molar-refractivity contribution >= 4 is 17.6 Å². The fourth-order valence-electron chi connectivity index (χ4n) is 2.57. The average Bonchev–Trinajstić information content (AvgIpc) is 2.51. The zero-order valence-corrected chi connectivity index (χ0v) is 13.6. The van der Waals surface area contributed by atoms with E-state index in [1.54, 1.807) is 0 Å². The van der Waals surface area contributed by atoms with Gasteiger partial charge in [-0.1, -0.05) is 33.1 Å². The van der Waals surface area contributed by atoms with E-state index in [1.807, 2.05) is 11.8 Å². The Morgan fingerprint density at radius 2 is 2.00 bits per heavy atom. The zero-order chi connectivity index (χ0) is 14.2. The lowest BCUT2D eigenvalue weighted by Crippen LogP contribution is -2.10. The van der Waals surface area contributed by atoms with Gasteiger partial charge >= 0.3 is 0 Å². The third kappa shape index (κ3) is 4.97. The van der Waals surface area contributed by atoms with E-state index in [9.17, 15) is 0 Å². The minimum absolute atomic E-state index is 0.824. The van der Waals surface area contributed by atoms with Crippen LogP contribution in [0.2, 0.25) is 0 Å². The Kier molecular flexibility index (Phi) is 6.64. The summed E-state index contributed by atoms with van der Waals surface area (Å²) in [5, 5.41) is 4.21. The molecule has 112 valence electrons. The summed E-state index contributed by atoms with van der Waals surface area (Å²) in [6.07, 6.45) is 9.07. The van der Waals surface area contributed by atoms with Gasteiger partial charge in [0.1, 0.15) is 11.6 Å². The van der Waals surface area contributed by atoms with Crippen LogP contribution in [0.5, 0.6) is 0 Å². The van der Waals surface area contributed by atoms with Crippen molar-refractivity contribution in [1.29, 1.82) is 0 Å². The third-order valence-electron chi connectivity index (χ3n) is 3.74. The number of anilines is 1. The lowest BCUT2D eigenvalue weighted by molar-refractivity contribution is 0.516. The van der Waals surface area contributed by atoms with Gasteiger partial charge in [0.2, 0.25) is 0 Å². The average molecular weight is 293 g/mol. The molecule has 0 unspecified atom stereocenters. The first kappa shape index (κ1) is 15.6. The first-order chi connectivity index (χ1) is 9.81. The maximum Gasteiger partial charge on any atom is 0.140 e. The van der Waals surface area contributed by atoms with Gasteiger partial charge in [-0.25, -0.2) is 9.97 Å². The first-order valence-corrected chi connectivity index (χ1v) is 9.09. The number of nitrogens with zero attached hydrogens (tertiary/aromatic N) is 2. The fourth-order valence-corrected chi connectivity index (χ4v) is 3.75. The summed E-state index contributed by atoms with van der Waals surface area (Å²) in [7, 11) is 0. The van der Waals surface area contributed by atoms with E-state index < -0.39 is 0 Å². The molecule has 0 aromatic carbocycles. The van der Waals surface area contributed by atoms with Crippen molar-refractivity contribution in [2.45, 2.75) is 69.8 Å². The van der Waals surface area contributed by atoms with Gasteiger partial charge in [-0.2, -0.15) is 11.8 Å². The van der Waals surface area contributed by atoms with Crippen molar-refractivity contribution in [1.82, 2.24) is 9.97 Å². The van der Waals surface area contributed by atoms with Gasteiger partial charge in [0, 0.05) is 23.6 Å². The molecule has 0 saturated heterocycles. The zero-order valence-electron chi connectivity index (χ0n) is 12.8. The highest BCUT2D eigenvalue weighted by Gasteiger charge is 2.14. The smallest absolute Gasteiger partial charge is 0.140 e. The molecule has 0 radical (unpaired) electrons. The molecule has 0 atom stereocenters. The molecule has 0 spiro atoms. The van der Waals surface area contributed by atoms with Crippen LogP contribution in [0.3, 0.4) is 0 Å². The van der Waals surface area contributed by atoms with Crippen LogP contribution < -0.4 is 5.32 Å². The SMILES string of the molecule is CCCNc1cc(CC)nc(CSC2CCCCC2)n1. The molecular weight excluding hydrogens is 266 g/mol. The second-order valence-electron chi connectivity index (χ2n) is 5.51. The summed E-state index contributed by atoms with van der Waals surface area (Å²) in [4.78, 5) is 9.33. The Morgan fingerprint density at radius 1 is 1.20 bits per heavy atom. The Labute approximate surface area is 127 Å². The molecule has 1 aliphatic rings. The van der Waals surface area contributed by atoms with Gasteiger partial charge in [-0.3, -0.25) is 0 Å². The van der Waals surface area contributed by atoms with Crippen LogP contribution in [0.25, 0.3) is 0 Å². The summed E-state index contributed by atoms with van der Waals surface area (Å²) in [6.45, 7) is 5.31. The Bertz CT molecular complexity index is 403. The van der Waals surface area contributed by atoms with Crippen molar-refractivity contribution in [3.8, 4) is 0 Å². The maximum atomic E-state index is 4.67. The molecule has 20 heavy (non-hydrogen) atoms. The minimum Gasteiger partial charge on any atom is -0.370 e. The molecule has 0 bridgehead atoms. The molecule has 3 nitrogen and oxygen atoms in total. The van der Waals surface area contributed by atoms with E-state index in [0.29, 0.717) is 0 Å². The van der Waals surface area contributed by atoms with Gasteiger partial charge in [-0.15, -0.1) is 0 Å². The predicted molar refractivity (Wildman–Crippen MR) is 88.4 cm³/mol. The molecule has 1 aliphatic carbocycles. The number of hydrogen-bond donors (Lipinski definition) is 1. The van der Waals surface area contributed by atoms with Crippen LogP contribution in [-0.4, -0.2) is 21.8 Å². The van der Waals surface area contributed by atoms with Crippen LogP contribution in [0.1, 0.15) is 63.9 Å². The van der Waals surface area contributed by atoms with E-state index in [0.717, 1.165) is 47.7 Å². The van der Waals surface area contributed by atoms with Crippen molar-refractivity contribution in [3.05, 3.63) is 17.6 Å².